The SMILES string of the molecule is CCOC(=O)C(CC)C(=O)OC(C1C2CCC(C2)C1C)C1C2CCC(C2)C1C. The van der Waals surface area contributed by atoms with Crippen molar-refractivity contribution in [2.45, 2.75) is 78.7 Å². The molecule has 4 bridgehead atoms. The highest BCUT2D eigenvalue weighted by molar-refractivity contribution is 5.94. The number of carbonyl (C=O) groups excluding carboxylic acids is 2. The van der Waals surface area contributed by atoms with E-state index in [1.807, 2.05) is 6.92 Å². The topological polar surface area (TPSA) is 52.6 Å². The van der Waals surface area contributed by atoms with Gasteiger partial charge >= 0.3 is 11.9 Å². The zero-order valence-corrected chi connectivity index (χ0v) is 18.1. The average molecular weight is 391 g/mol. The van der Waals surface area contributed by atoms with Crippen LogP contribution in [0, 0.1) is 53.3 Å². The lowest BCUT2D eigenvalue weighted by atomic mass is 9.67. The van der Waals surface area contributed by atoms with Crippen molar-refractivity contribution in [1.29, 1.82) is 0 Å². The average Bonchev–Trinajstić information content (AvgIpc) is 3.42. The van der Waals surface area contributed by atoms with Crippen LogP contribution in [0.5, 0.6) is 0 Å². The Balaban J connectivity index is 1.57. The van der Waals surface area contributed by atoms with E-state index in [-0.39, 0.29) is 12.1 Å². The molecule has 0 aromatic heterocycles. The zero-order chi connectivity index (χ0) is 20.0. The van der Waals surface area contributed by atoms with Crippen molar-refractivity contribution in [3.8, 4) is 0 Å². The van der Waals surface area contributed by atoms with Crippen molar-refractivity contribution < 1.29 is 19.1 Å². The molecule has 0 aromatic carbocycles. The van der Waals surface area contributed by atoms with Crippen LogP contribution in [-0.2, 0) is 19.1 Å². The second-order valence-electron chi connectivity index (χ2n) is 10.2. The lowest BCUT2D eigenvalue weighted by Gasteiger charge is -2.43. The third-order valence-corrected chi connectivity index (χ3v) is 9.09. The third-order valence-electron chi connectivity index (χ3n) is 9.09. The van der Waals surface area contributed by atoms with Gasteiger partial charge in [0.25, 0.3) is 0 Å². The molecule has 4 aliphatic rings. The molecular weight excluding hydrogens is 352 g/mol. The first-order valence-corrected chi connectivity index (χ1v) is 11.8. The summed E-state index contributed by atoms with van der Waals surface area (Å²) < 4.78 is 11.5. The van der Waals surface area contributed by atoms with E-state index in [1.165, 1.54) is 38.5 Å². The Hall–Kier alpha value is -1.06. The molecule has 0 aliphatic heterocycles. The normalized spacial score (nSPS) is 43.1. The quantitative estimate of drug-likeness (QED) is 0.460. The zero-order valence-electron chi connectivity index (χ0n) is 18.1. The Kier molecular flexibility index (Phi) is 5.77. The maximum Gasteiger partial charge on any atom is 0.320 e. The van der Waals surface area contributed by atoms with E-state index < -0.39 is 11.9 Å². The largest absolute Gasteiger partial charge is 0.465 e. The maximum atomic E-state index is 13.1. The molecule has 4 saturated carbocycles. The van der Waals surface area contributed by atoms with Gasteiger partial charge in [-0.05, 0) is 87.4 Å². The van der Waals surface area contributed by atoms with Crippen LogP contribution in [-0.4, -0.2) is 24.6 Å². The predicted octanol–water partition coefficient (Wildman–Crippen LogP) is 4.85. The number of carbonyl (C=O) groups is 2. The molecule has 4 heteroatoms. The first-order valence-electron chi connectivity index (χ1n) is 11.8. The fraction of sp³-hybridized carbons (Fsp3) is 0.917. The van der Waals surface area contributed by atoms with E-state index in [4.69, 9.17) is 9.47 Å². The minimum atomic E-state index is -0.773. The first kappa shape index (κ1) is 20.2. The van der Waals surface area contributed by atoms with E-state index in [0.717, 1.165) is 11.8 Å². The van der Waals surface area contributed by atoms with Crippen LogP contribution >= 0.6 is 0 Å². The van der Waals surface area contributed by atoms with Gasteiger partial charge in [0.05, 0.1) is 6.61 Å². The van der Waals surface area contributed by atoms with Crippen LogP contribution < -0.4 is 0 Å². The number of rotatable bonds is 7. The van der Waals surface area contributed by atoms with Gasteiger partial charge in [-0.15, -0.1) is 0 Å². The minimum absolute atomic E-state index is 0.00780. The van der Waals surface area contributed by atoms with Crippen molar-refractivity contribution in [1.82, 2.24) is 0 Å². The smallest absolute Gasteiger partial charge is 0.320 e. The van der Waals surface area contributed by atoms with Gasteiger partial charge in [-0.1, -0.05) is 20.8 Å². The molecule has 4 aliphatic carbocycles. The molecule has 4 fully saturated rings. The molecule has 0 radical (unpaired) electrons. The summed E-state index contributed by atoms with van der Waals surface area (Å²) in [6.45, 7) is 8.73. The van der Waals surface area contributed by atoms with Crippen LogP contribution in [0.25, 0.3) is 0 Å². The van der Waals surface area contributed by atoms with E-state index in [0.29, 0.717) is 48.5 Å². The molecule has 4 nitrogen and oxygen atoms in total. The Morgan fingerprint density at radius 2 is 1.32 bits per heavy atom. The van der Waals surface area contributed by atoms with Gasteiger partial charge in [-0.3, -0.25) is 9.59 Å². The molecule has 0 N–H and O–H groups in total. The van der Waals surface area contributed by atoms with Crippen molar-refractivity contribution in [2.75, 3.05) is 6.61 Å². The summed E-state index contributed by atoms with van der Waals surface area (Å²) in [5.41, 5.74) is 0. The number of hydrogen-bond acceptors (Lipinski definition) is 4. The third kappa shape index (κ3) is 3.29. The Bertz CT molecular complexity index is 565. The molecule has 9 atom stereocenters. The molecule has 0 saturated heterocycles. The fourth-order valence-corrected chi connectivity index (χ4v) is 7.68. The summed E-state index contributed by atoms with van der Waals surface area (Å²) in [7, 11) is 0. The number of ether oxygens (including phenoxy) is 2. The second kappa shape index (κ2) is 7.99. The summed E-state index contributed by atoms with van der Waals surface area (Å²) in [4.78, 5) is 25.4. The Morgan fingerprint density at radius 1 is 0.821 bits per heavy atom. The number of hydrogen-bond donors (Lipinski definition) is 0. The van der Waals surface area contributed by atoms with Gasteiger partial charge in [0, 0.05) is 11.8 Å². The fourth-order valence-electron chi connectivity index (χ4n) is 7.68. The van der Waals surface area contributed by atoms with E-state index >= 15 is 0 Å². The lowest BCUT2D eigenvalue weighted by Crippen LogP contribution is -2.46. The summed E-state index contributed by atoms with van der Waals surface area (Å²) in [5, 5.41) is 0. The van der Waals surface area contributed by atoms with Gasteiger partial charge in [-0.2, -0.15) is 0 Å². The van der Waals surface area contributed by atoms with Gasteiger partial charge in [0.1, 0.15) is 6.10 Å². The summed E-state index contributed by atoms with van der Waals surface area (Å²) in [6, 6.07) is 0. The van der Waals surface area contributed by atoms with Crippen molar-refractivity contribution in [3.05, 3.63) is 0 Å². The maximum absolute atomic E-state index is 13.1. The Morgan fingerprint density at radius 3 is 1.71 bits per heavy atom. The summed E-state index contributed by atoms with van der Waals surface area (Å²) >= 11 is 0. The van der Waals surface area contributed by atoms with E-state index in [9.17, 15) is 9.59 Å². The first-order chi connectivity index (χ1) is 13.5. The standard InChI is InChI=1S/C24H38O4/c1-5-19(23(25)27-6-2)24(26)28-22(20-13(3)15-7-9-17(20)11-15)21-14(4)16-8-10-18(21)12-16/h13-22H,5-12H2,1-4H3. The van der Waals surface area contributed by atoms with Crippen LogP contribution in [0.2, 0.25) is 0 Å². The van der Waals surface area contributed by atoms with E-state index in [2.05, 4.69) is 13.8 Å². The van der Waals surface area contributed by atoms with E-state index in [1.54, 1.807) is 6.92 Å². The lowest BCUT2D eigenvalue weighted by molar-refractivity contribution is -0.174. The van der Waals surface area contributed by atoms with Crippen LogP contribution in [0.1, 0.15) is 72.6 Å². The molecule has 158 valence electrons. The minimum Gasteiger partial charge on any atom is -0.465 e. The summed E-state index contributed by atoms with van der Waals surface area (Å²) in [6.07, 6.45) is 8.32. The molecule has 0 aromatic rings. The second-order valence-corrected chi connectivity index (χ2v) is 10.2. The Labute approximate surface area is 170 Å². The molecule has 0 amide bonds. The van der Waals surface area contributed by atoms with Gasteiger partial charge in [-0.25, -0.2) is 0 Å². The van der Waals surface area contributed by atoms with Crippen molar-refractivity contribution in [2.24, 2.45) is 53.3 Å². The molecule has 0 heterocycles. The van der Waals surface area contributed by atoms with Gasteiger partial charge in [0.15, 0.2) is 5.92 Å². The number of esters is 2. The molecule has 9 unspecified atom stereocenters. The van der Waals surface area contributed by atoms with Crippen molar-refractivity contribution >= 4 is 11.9 Å². The van der Waals surface area contributed by atoms with Crippen molar-refractivity contribution in [3.63, 3.8) is 0 Å². The molecule has 4 rings (SSSR count). The highest BCUT2D eigenvalue weighted by Gasteiger charge is 2.57. The molecule has 28 heavy (non-hydrogen) atoms. The molecular formula is C24H38O4. The van der Waals surface area contributed by atoms with Gasteiger partial charge < -0.3 is 9.47 Å². The predicted molar refractivity (Wildman–Crippen MR) is 107 cm³/mol. The van der Waals surface area contributed by atoms with Crippen LogP contribution in [0.4, 0.5) is 0 Å². The van der Waals surface area contributed by atoms with Crippen LogP contribution in [0.3, 0.4) is 0 Å². The highest BCUT2D eigenvalue weighted by Crippen LogP contribution is 2.60. The monoisotopic (exact) mass is 390 g/mol. The number of fused-ring (bicyclic) bond motifs is 4. The van der Waals surface area contributed by atoms with Crippen LogP contribution in [0.15, 0.2) is 0 Å². The summed E-state index contributed by atoms with van der Waals surface area (Å²) in [5.74, 6) is 3.70. The highest BCUT2D eigenvalue weighted by atomic mass is 16.6. The van der Waals surface area contributed by atoms with Gasteiger partial charge in [0.2, 0.25) is 0 Å². The molecule has 0 spiro atoms.